The molecule has 0 bridgehead atoms. The summed E-state index contributed by atoms with van der Waals surface area (Å²) in [6.45, 7) is 4.49. The molecule has 1 fully saturated rings. The van der Waals surface area contributed by atoms with Crippen LogP contribution in [0.3, 0.4) is 0 Å². The number of hydrogen-bond donors (Lipinski definition) is 2. The summed E-state index contributed by atoms with van der Waals surface area (Å²) in [6.07, 6.45) is 1.85. The molecule has 0 saturated carbocycles. The van der Waals surface area contributed by atoms with Crippen LogP contribution in [0.4, 0.5) is 0 Å². The van der Waals surface area contributed by atoms with E-state index in [0.717, 1.165) is 12.8 Å². The highest BCUT2D eigenvalue weighted by atomic mass is 16.7. The molecule has 0 radical (unpaired) electrons. The molecule has 3 atom stereocenters. The highest BCUT2D eigenvalue weighted by Gasteiger charge is 2.29. The molecule has 1 aliphatic rings. The monoisotopic (exact) mass is 188 g/mol. The zero-order chi connectivity index (χ0) is 9.84. The van der Waals surface area contributed by atoms with Crippen molar-refractivity contribution < 1.29 is 9.47 Å². The molecule has 78 valence electrons. The Morgan fingerprint density at radius 3 is 2.69 bits per heavy atom. The van der Waals surface area contributed by atoms with Crippen LogP contribution >= 0.6 is 0 Å². The summed E-state index contributed by atoms with van der Waals surface area (Å²) in [7, 11) is 0. The second kappa shape index (κ2) is 4.91. The van der Waals surface area contributed by atoms with E-state index in [2.05, 4.69) is 0 Å². The van der Waals surface area contributed by atoms with Crippen LogP contribution in [0.2, 0.25) is 0 Å². The summed E-state index contributed by atoms with van der Waals surface area (Å²) >= 11 is 0. The second-order valence-corrected chi connectivity index (χ2v) is 3.79. The van der Waals surface area contributed by atoms with Crippen molar-refractivity contribution in [1.29, 1.82) is 0 Å². The SMILES string of the molecule is CC(C)O[C@H]1O[C@H](CN)CC[C@@H]1N. The third kappa shape index (κ3) is 3.23. The van der Waals surface area contributed by atoms with E-state index < -0.39 is 0 Å². The van der Waals surface area contributed by atoms with Gasteiger partial charge < -0.3 is 20.9 Å². The molecule has 1 aliphatic heterocycles. The Morgan fingerprint density at radius 2 is 2.15 bits per heavy atom. The number of rotatable bonds is 3. The fraction of sp³-hybridized carbons (Fsp3) is 1.00. The van der Waals surface area contributed by atoms with Crippen LogP contribution in [0.25, 0.3) is 0 Å². The van der Waals surface area contributed by atoms with Crippen LogP contribution in [0.5, 0.6) is 0 Å². The van der Waals surface area contributed by atoms with Gasteiger partial charge in [0.2, 0.25) is 0 Å². The Balaban J connectivity index is 2.40. The summed E-state index contributed by atoms with van der Waals surface area (Å²) in [5.74, 6) is 0. The van der Waals surface area contributed by atoms with Gasteiger partial charge in [-0.15, -0.1) is 0 Å². The summed E-state index contributed by atoms with van der Waals surface area (Å²) in [6, 6.07) is -0.00907. The van der Waals surface area contributed by atoms with E-state index in [1.54, 1.807) is 0 Å². The normalized spacial score (nSPS) is 35.3. The maximum absolute atomic E-state index is 5.85. The minimum absolute atomic E-state index is 0.00907. The molecular formula is C9H20N2O2. The molecule has 1 rings (SSSR count). The number of nitrogens with two attached hydrogens (primary N) is 2. The van der Waals surface area contributed by atoms with Crippen LogP contribution in [-0.2, 0) is 9.47 Å². The van der Waals surface area contributed by atoms with Crippen molar-refractivity contribution in [3.05, 3.63) is 0 Å². The zero-order valence-corrected chi connectivity index (χ0v) is 8.40. The molecule has 0 amide bonds. The molecule has 0 aromatic carbocycles. The molecule has 4 N–H and O–H groups in total. The van der Waals surface area contributed by atoms with Crippen molar-refractivity contribution in [2.24, 2.45) is 11.5 Å². The first-order valence-corrected chi connectivity index (χ1v) is 4.90. The molecular weight excluding hydrogens is 168 g/mol. The average molecular weight is 188 g/mol. The van der Waals surface area contributed by atoms with E-state index in [1.807, 2.05) is 13.8 Å². The quantitative estimate of drug-likeness (QED) is 0.664. The zero-order valence-electron chi connectivity index (χ0n) is 8.40. The minimum atomic E-state index is -0.276. The highest BCUT2D eigenvalue weighted by molar-refractivity contribution is 4.77. The molecule has 13 heavy (non-hydrogen) atoms. The van der Waals surface area contributed by atoms with E-state index >= 15 is 0 Å². The minimum Gasteiger partial charge on any atom is -0.348 e. The summed E-state index contributed by atoms with van der Waals surface area (Å²) in [4.78, 5) is 0. The van der Waals surface area contributed by atoms with Gasteiger partial charge in [0.15, 0.2) is 6.29 Å². The Labute approximate surface area is 79.6 Å². The molecule has 0 aliphatic carbocycles. The first-order valence-electron chi connectivity index (χ1n) is 4.90. The van der Waals surface area contributed by atoms with E-state index in [-0.39, 0.29) is 24.5 Å². The van der Waals surface area contributed by atoms with Crippen molar-refractivity contribution in [1.82, 2.24) is 0 Å². The van der Waals surface area contributed by atoms with Crippen molar-refractivity contribution >= 4 is 0 Å². The Kier molecular flexibility index (Phi) is 4.12. The summed E-state index contributed by atoms with van der Waals surface area (Å²) in [5.41, 5.74) is 11.4. The van der Waals surface area contributed by atoms with E-state index in [1.165, 1.54) is 0 Å². The van der Waals surface area contributed by atoms with Gasteiger partial charge in [0.05, 0.1) is 18.2 Å². The van der Waals surface area contributed by atoms with Crippen molar-refractivity contribution in [2.45, 2.75) is 51.2 Å². The van der Waals surface area contributed by atoms with Gasteiger partial charge in [0.25, 0.3) is 0 Å². The lowest BCUT2D eigenvalue weighted by Gasteiger charge is -2.34. The molecule has 0 spiro atoms. The summed E-state index contributed by atoms with van der Waals surface area (Å²) < 4.78 is 11.1. The topological polar surface area (TPSA) is 70.5 Å². The molecule has 1 saturated heterocycles. The lowest BCUT2D eigenvalue weighted by molar-refractivity contribution is -0.214. The van der Waals surface area contributed by atoms with Gasteiger partial charge in [0.1, 0.15) is 0 Å². The number of ether oxygens (including phenoxy) is 2. The molecule has 0 aromatic rings. The average Bonchev–Trinajstić information content (AvgIpc) is 2.08. The fourth-order valence-electron chi connectivity index (χ4n) is 1.45. The van der Waals surface area contributed by atoms with Crippen molar-refractivity contribution in [2.75, 3.05) is 6.54 Å². The molecule has 4 heteroatoms. The van der Waals surface area contributed by atoms with Gasteiger partial charge in [-0.2, -0.15) is 0 Å². The third-order valence-electron chi connectivity index (χ3n) is 2.17. The van der Waals surface area contributed by atoms with Gasteiger partial charge >= 0.3 is 0 Å². The van der Waals surface area contributed by atoms with Crippen LogP contribution in [0, 0.1) is 0 Å². The third-order valence-corrected chi connectivity index (χ3v) is 2.17. The van der Waals surface area contributed by atoms with Crippen LogP contribution in [0.15, 0.2) is 0 Å². The first kappa shape index (κ1) is 10.9. The van der Waals surface area contributed by atoms with Gasteiger partial charge in [-0.05, 0) is 26.7 Å². The highest BCUT2D eigenvalue weighted by Crippen LogP contribution is 2.19. The van der Waals surface area contributed by atoms with Gasteiger partial charge in [0, 0.05) is 6.54 Å². The largest absolute Gasteiger partial charge is 0.348 e. The predicted molar refractivity (Wildman–Crippen MR) is 51.1 cm³/mol. The Hall–Kier alpha value is -0.160. The molecule has 0 unspecified atom stereocenters. The smallest absolute Gasteiger partial charge is 0.173 e. The van der Waals surface area contributed by atoms with Crippen LogP contribution in [0.1, 0.15) is 26.7 Å². The maximum atomic E-state index is 5.85. The Morgan fingerprint density at radius 1 is 1.46 bits per heavy atom. The Bertz CT molecular complexity index is 153. The number of hydrogen-bond acceptors (Lipinski definition) is 4. The van der Waals surface area contributed by atoms with Crippen molar-refractivity contribution in [3.63, 3.8) is 0 Å². The van der Waals surface area contributed by atoms with Gasteiger partial charge in [-0.1, -0.05) is 0 Å². The van der Waals surface area contributed by atoms with Crippen LogP contribution < -0.4 is 11.5 Å². The first-order chi connectivity index (χ1) is 6.13. The standard InChI is InChI=1S/C9H20N2O2/c1-6(2)12-9-8(11)4-3-7(5-10)13-9/h6-9H,3-5,10-11H2,1-2H3/t7-,8-,9-/m0/s1. The fourth-order valence-corrected chi connectivity index (χ4v) is 1.45. The molecule has 1 heterocycles. The summed E-state index contributed by atoms with van der Waals surface area (Å²) in [5, 5.41) is 0. The van der Waals surface area contributed by atoms with Crippen molar-refractivity contribution in [3.8, 4) is 0 Å². The maximum Gasteiger partial charge on any atom is 0.173 e. The van der Waals surface area contributed by atoms with E-state index in [4.69, 9.17) is 20.9 Å². The lowest BCUT2D eigenvalue weighted by Crippen LogP contribution is -2.48. The van der Waals surface area contributed by atoms with E-state index in [9.17, 15) is 0 Å². The molecule has 0 aromatic heterocycles. The second-order valence-electron chi connectivity index (χ2n) is 3.79. The van der Waals surface area contributed by atoms with Crippen LogP contribution in [-0.4, -0.2) is 31.1 Å². The molecule has 4 nitrogen and oxygen atoms in total. The van der Waals surface area contributed by atoms with E-state index in [0.29, 0.717) is 6.54 Å². The van der Waals surface area contributed by atoms with Gasteiger partial charge in [-0.3, -0.25) is 0 Å². The lowest BCUT2D eigenvalue weighted by atomic mass is 10.0. The van der Waals surface area contributed by atoms with Gasteiger partial charge in [-0.25, -0.2) is 0 Å². The predicted octanol–water partition coefficient (Wildman–Crippen LogP) is 0.203.